The number of hydroxylamine groups is 1. The van der Waals surface area contributed by atoms with Gasteiger partial charge in [-0.15, -0.1) is 0 Å². The minimum atomic E-state index is -0.192. The van der Waals surface area contributed by atoms with Crippen molar-refractivity contribution in [2.75, 3.05) is 7.11 Å². The molecule has 0 unspecified atom stereocenters. The molecule has 0 aromatic heterocycles. The first-order chi connectivity index (χ1) is 8.04. The van der Waals surface area contributed by atoms with E-state index in [2.05, 4.69) is 36.3 Å². The van der Waals surface area contributed by atoms with Crippen molar-refractivity contribution in [3.8, 4) is 0 Å². The van der Waals surface area contributed by atoms with E-state index in [1.165, 1.54) is 12.7 Å². The van der Waals surface area contributed by atoms with Gasteiger partial charge in [-0.2, -0.15) is 0 Å². The van der Waals surface area contributed by atoms with E-state index in [9.17, 15) is 4.79 Å². The first-order valence-electron chi connectivity index (χ1n) is 5.96. The lowest BCUT2D eigenvalue weighted by atomic mass is 9.96. The van der Waals surface area contributed by atoms with Crippen molar-refractivity contribution in [1.82, 2.24) is 5.48 Å². The smallest absolute Gasteiger partial charge is 0.250 e. The van der Waals surface area contributed by atoms with Crippen LogP contribution in [-0.4, -0.2) is 13.0 Å². The molecule has 94 valence electrons. The molecule has 17 heavy (non-hydrogen) atoms. The highest BCUT2D eigenvalue weighted by atomic mass is 16.6. The van der Waals surface area contributed by atoms with Crippen LogP contribution in [0, 0.1) is 5.92 Å². The summed E-state index contributed by atoms with van der Waals surface area (Å²) in [5, 5.41) is 0. The molecule has 0 spiro atoms. The van der Waals surface area contributed by atoms with E-state index >= 15 is 0 Å². The van der Waals surface area contributed by atoms with E-state index in [1.54, 1.807) is 0 Å². The highest BCUT2D eigenvalue weighted by Crippen LogP contribution is 2.17. The van der Waals surface area contributed by atoms with Crippen molar-refractivity contribution >= 4 is 5.91 Å². The molecule has 3 nitrogen and oxygen atoms in total. The third-order valence-electron chi connectivity index (χ3n) is 2.72. The zero-order chi connectivity index (χ0) is 12.8. The van der Waals surface area contributed by atoms with Crippen LogP contribution in [0.15, 0.2) is 24.3 Å². The van der Waals surface area contributed by atoms with Gasteiger partial charge < -0.3 is 0 Å². The molecule has 1 aromatic rings. The van der Waals surface area contributed by atoms with Gasteiger partial charge in [0.05, 0.1) is 13.0 Å². The maximum Gasteiger partial charge on any atom is 0.250 e. The zero-order valence-electron chi connectivity index (χ0n) is 11.0. The zero-order valence-corrected chi connectivity index (χ0v) is 11.0. The van der Waals surface area contributed by atoms with Crippen molar-refractivity contribution in [3.05, 3.63) is 35.4 Å². The second-order valence-electron chi connectivity index (χ2n) is 4.73. The van der Waals surface area contributed by atoms with Gasteiger partial charge in [-0.3, -0.25) is 9.63 Å². The fourth-order valence-electron chi connectivity index (χ4n) is 1.75. The monoisotopic (exact) mass is 235 g/mol. The summed E-state index contributed by atoms with van der Waals surface area (Å²) >= 11 is 0. The van der Waals surface area contributed by atoms with Gasteiger partial charge in [-0.25, -0.2) is 5.48 Å². The molecule has 0 saturated heterocycles. The first kappa shape index (κ1) is 13.7. The average molecular weight is 235 g/mol. The van der Waals surface area contributed by atoms with Gasteiger partial charge in [0.25, 0.3) is 5.91 Å². The molecular formula is C14H21NO2. The van der Waals surface area contributed by atoms with Crippen molar-refractivity contribution in [2.24, 2.45) is 5.92 Å². The van der Waals surface area contributed by atoms with Gasteiger partial charge in [-0.1, -0.05) is 38.1 Å². The quantitative estimate of drug-likeness (QED) is 0.797. The van der Waals surface area contributed by atoms with Crippen LogP contribution in [0.3, 0.4) is 0 Å². The molecule has 1 N–H and O–H groups in total. The van der Waals surface area contributed by atoms with E-state index in [-0.39, 0.29) is 11.8 Å². The lowest BCUT2D eigenvalue weighted by Gasteiger charge is -2.12. The third-order valence-corrected chi connectivity index (χ3v) is 2.72. The van der Waals surface area contributed by atoms with Crippen LogP contribution in [0.1, 0.15) is 37.8 Å². The predicted octanol–water partition coefficient (Wildman–Crippen LogP) is 2.67. The van der Waals surface area contributed by atoms with Crippen LogP contribution in [-0.2, 0) is 16.1 Å². The minimum Gasteiger partial charge on any atom is -0.277 e. The second kappa shape index (κ2) is 6.40. The molecule has 0 aliphatic carbocycles. The first-order valence-corrected chi connectivity index (χ1v) is 5.96. The topological polar surface area (TPSA) is 38.3 Å². The number of rotatable bonds is 5. The number of hydrogen-bond donors (Lipinski definition) is 1. The summed E-state index contributed by atoms with van der Waals surface area (Å²) in [6, 6.07) is 8.20. The van der Waals surface area contributed by atoms with E-state index in [0.717, 1.165) is 12.0 Å². The molecule has 3 heteroatoms. The molecule has 1 atom stereocenters. The largest absolute Gasteiger partial charge is 0.277 e. The SMILES string of the molecule is CONC(=O)[C@H](C)c1ccc(CC(C)C)cc1. The van der Waals surface area contributed by atoms with Crippen LogP contribution in [0.25, 0.3) is 0 Å². The Morgan fingerprint density at radius 2 is 1.82 bits per heavy atom. The standard InChI is InChI=1S/C14H21NO2/c1-10(2)9-12-5-7-13(8-6-12)11(3)14(16)15-17-4/h5-8,10-11H,9H2,1-4H3,(H,15,16)/t11-/m1/s1. The fourth-order valence-corrected chi connectivity index (χ4v) is 1.75. The summed E-state index contributed by atoms with van der Waals surface area (Å²) in [4.78, 5) is 16.2. The lowest BCUT2D eigenvalue weighted by molar-refractivity contribution is -0.132. The van der Waals surface area contributed by atoms with Crippen LogP contribution in [0.2, 0.25) is 0 Å². The Morgan fingerprint density at radius 3 is 2.29 bits per heavy atom. The third kappa shape index (κ3) is 4.19. The fraction of sp³-hybridized carbons (Fsp3) is 0.500. The minimum absolute atomic E-state index is 0.121. The summed E-state index contributed by atoms with van der Waals surface area (Å²) in [6.45, 7) is 6.26. The van der Waals surface area contributed by atoms with Crippen molar-refractivity contribution in [3.63, 3.8) is 0 Å². The Bertz CT molecular complexity index is 357. The number of carbonyl (C=O) groups excluding carboxylic acids is 1. The van der Waals surface area contributed by atoms with Gasteiger partial charge in [0, 0.05) is 0 Å². The van der Waals surface area contributed by atoms with Gasteiger partial charge in [0.2, 0.25) is 0 Å². The normalized spacial score (nSPS) is 12.5. The summed E-state index contributed by atoms with van der Waals surface area (Å²) in [7, 11) is 1.44. The van der Waals surface area contributed by atoms with E-state index in [1.807, 2.05) is 19.1 Å². The Kier molecular flexibility index (Phi) is 5.16. The predicted molar refractivity (Wildman–Crippen MR) is 68.6 cm³/mol. The van der Waals surface area contributed by atoms with Crippen molar-refractivity contribution in [1.29, 1.82) is 0 Å². The Labute approximate surface area is 103 Å². The van der Waals surface area contributed by atoms with Gasteiger partial charge >= 0.3 is 0 Å². The molecular weight excluding hydrogens is 214 g/mol. The van der Waals surface area contributed by atoms with Gasteiger partial charge in [0.1, 0.15) is 0 Å². The molecule has 1 aromatic carbocycles. The average Bonchev–Trinajstić information content (AvgIpc) is 2.28. The molecule has 0 saturated carbocycles. The summed E-state index contributed by atoms with van der Waals surface area (Å²) in [6.07, 6.45) is 1.07. The number of amides is 1. The van der Waals surface area contributed by atoms with Crippen LogP contribution in [0.4, 0.5) is 0 Å². The number of benzene rings is 1. The van der Waals surface area contributed by atoms with Crippen LogP contribution < -0.4 is 5.48 Å². The highest BCUT2D eigenvalue weighted by molar-refractivity contribution is 5.82. The van der Waals surface area contributed by atoms with Crippen molar-refractivity contribution < 1.29 is 9.63 Å². The van der Waals surface area contributed by atoms with Crippen LogP contribution >= 0.6 is 0 Å². The van der Waals surface area contributed by atoms with Crippen molar-refractivity contribution in [2.45, 2.75) is 33.1 Å². The maximum absolute atomic E-state index is 11.6. The molecule has 1 amide bonds. The van der Waals surface area contributed by atoms with E-state index in [4.69, 9.17) is 0 Å². The number of nitrogens with one attached hydrogen (secondary N) is 1. The summed E-state index contributed by atoms with van der Waals surface area (Å²) in [5.41, 5.74) is 4.67. The lowest BCUT2D eigenvalue weighted by Crippen LogP contribution is -2.26. The van der Waals surface area contributed by atoms with E-state index in [0.29, 0.717) is 5.92 Å². The molecule has 0 fully saturated rings. The molecule has 1 rings (SSSR count). The van der Waals surface area contributed by atoms with Gasteiger partial charge in [-0.05, 0) is 30.4 Å². The Morgan fingerprint density at radius 1 is 1.24 bits per heavy atom. The molecule has 0 bridgehead atoms. The summed E-state index contributed by atoms with van der Waals surface area (Å²) in [5.74, 6) is 0.335. The van der Waals surface area contributed by atoms with Gasteiger partial charge in [0.15, 0.2) is 0 Å². The Hall–Kier alpha value is -1.35. The van der Waals surface area contributed by atoms with Crippen LogP contribution in [0.5, 0.6) is 0 Å². The molecule has 0 aliphatic rings. The molecule has 0 radical (unpaired) electrons. The van der Waals surface area contributed by atoms with E-state index < -0.39 is 0 Å². The molecule has 0 aliphatic heterocycles. The highest BCUT2D eigenvalue weighted by Gasteiger charge is 2.14. The number of hydrogen-bond acceptors (Lipinski definition) is 2. The maximum atomic E-state index is 11.6. The molecule has 0 heterocycles. The summed E-state index contributed by atoms with van der Waals surface area (Å²) < 4.78 is 0. The second-order valence-corrected chi connectivity index (χ2v) is 4.73. The number of carbonyl (C=O) groups is 1. The Balaban J connectivity index is 2.70.